The Balaban J connectivity index is 1.54. The van der Waals surface area contributed by atoms with Gasteiger partial charge in [-0.2, -0.15) is 13.2 Å². The van der Waals surface area contributed by atoms with Gasteiger partial charge in [0.15, 0.2) is 0 Å². The molecule has 3 N–H and O–H groups in total. The molecule has 10 heteroatoms. The van der Waals surface area contributed by atoms with Crippen molar-refractivity contribution in [1.82, 2.24) is 14.9 Å². The number of aliphatic hydroxyl groups is 1. The zero-order chi connectivity index (χ0) is 18.7. The molecule has 0 amide bonds. The molecule has 6 nitrogen and oxygen atoms in total. The van der Waals surface area contributed by atoms with Gasteiger partial charge in [0.1, 0.15) is 12.4 Å². The molecule has 0 aliphatic carbocycles. The van der Waals surface area contributed by atoms with Crippen LogP contribution in [0.1, 0.15) is 5.82 Å². The first-order chi connectivity index (χ1) is 12.3. The summed E-state index contributed by atoms with van der Waals surface area (Å²) in [7, 11) is 0. The van der Waals surface area contributed by atoms with E-state index in [1.54, 1.807) is 6.07 Å². The molecule has 0 aliphatic rings. The zero-order valence-corrected chi connectivity index (χ0v) is 14.2. The molecule has 0 aliphatic heterocycles. The van der Waals surface area contributed by atoms with Gasteiger partial charge in [-0.1, -0.05) is 42.1 Å². The van der Waals surface area contributed by atoms with E-state index in [-0.39, 0.29) is 17.5 Å². The van der Waals surface area contributed by atoms with Crippen molar-refractivity contribution >= 4 is 22.5 Å². The van der Waals surface area contributed by atoms with Crippen molar-refractivity contribution < 1.29 is 23.0 Å². The maximum atomic E-state index is 12.6. The lowest BCUT2D eigenvalue weighted by Gasteiger charge is -2.12. The summed E-state index contributed by atoms with van der Waals surface area (Å²) in [6, 6.07) is 13.3. The average Bonchev–Trinajstić information content (AvgIpc) is 2.99. The van der Waals surface area contributed by atoms with Gasteiger partial charge in [-0.15, -0.1) is 10.2 Å². The number of hydrogen-bond donors (Lipinski definition) is 2. The summed E-state index contributed by atoms with van der Waals surface area (Å²) >= 11 is 0.864. The van der Waals surface area contributed by atoms with Gasteiger partial charge in [-0.25, -0.2) is 4.68 Å². The van der Waals surface area contributed by atoms with E-state index in [0.717, 1.165) is 22.5 Å². The van der Waals surface area contributed by atoms with Crippen molar-refractivity contribution in [2.75, 3.05) is 18.2 Å². The van der Waals surface area contributed by atoms with Crippen molar-refractivity contribution in [2.45, 2.75) is 17.4 Å². The smallest absolute Gasteiger partial charge is 0.453 e. The third kappa shape index (κ3) is 4.20. The Morgan fingerprint density at radius 2 is 1.88 bits per heavy atom. The van der Waals surface area contributed by atoms with Gasteiger partial charge in [-0.05, 0) is 22.9 Å². The summed E-state index contributed by atoms with van der Waals surface area (Å²) in [6.45, 7) is -0.0177. The molecule has 0 spiro atoms. The van der Waals surface area contributed by atoms with Crippen LogP contribution in [0.25, 0.3) is 10.8 Å². The number of halogens is 3. The van der Waals surface area contributed by atoms with E-state index in [4.69, 9.17) is 10.6 Å². The molecule has 138 valence electrons. The normalized spacial score (nSPS) is 13.1. The highest BCUT2D eigenvalue weighted by atomic mass is 32.2. The second-order valence-electron chi connectivity index (χ2n) is 5.46. The Morgan fingerprint density at radius 3 is 2.58 bits per heavy atom. The maximum absolute atomic E-state index is 12.6. The number of nitrogens with zero attached hydrogens (tertiary/aromatic N) is 3. The van der Waals surface area contributed by atoms with Crippen molar-refractivity contribution in [3.8, 4) is 5.75 Å². The van der Waals surface area contributed by atoms with E-state index >= 15 is 0 Å². The lowest BCUT2D eigenvalue weighted by Crippen LogP contribution is -2.23. The first kappa shape index (κ1) is 18.3. The molecule has 1 heterocycles. The number of aliphatic hydroxyl groups excluding tert-OH is 1. The second-order valence-corrected chi connectivity index (χ2v) is 6.45. The van der Waals surface area contributed by atoms with E-state index in [0.29, 0.717) is 10.4 Å². The standard InChI is InChI=1S/C16H15F3N4O2S/c17-16(18,19)14-21-22-15(23(14)20)26-9-12(24)8-25-13-6-5-10-3-1-2-4-11(10)7-13/h1-7,12,24H,8-9,20H2/t12-/m0/s1. The van der Waals surface area contributed by atoms with Crippen molar-refractivity contribution in [2.24, 2.45) is 0 Å². The van der Waals surface area contributed by atoms with Crippen molar-refractivity contribution in [1.29, 1.82) is 0 Å². The van der Waals surface area contributed by atoms with E-state index in [1.807, 2.05) is 36.4 Å². The average molecular weight is 384 g/mol. The topological polar surface area (TPSA) is 86.2 Å². The third-order valence-electron chi connectivity index (χ3n) is 3.49. The number of nitrogen functional groups attached to an aromatic ring is 1. The van der Waals surface area contributed by atoms with Gasteiger partial charge in [-0.3, -0.25) is 0 Å². The Labute approximate surface area is 150 Å². The lowest BCUT2D eigenvalue weighted by atomic mass is 10.1. The quantitative estimate of drug-likeness (QED) is 0.502. The van der Waals surface area contributed by atoms with Crippen LogP contribution in [-0.4, -0.2) is 38.4 Å². The number of alkyl halides is 3. The fourth-order valence-electron chi connectivity index (χ4n) is 2.24. The minimum atomic E-state index is -4.68. The van der Waals surface area contributed by atoms with E-state index in [9.17, 15) is 18.3 Å². The van der Waals surface area contributed by atoms with E-state index < -0.39 is 18.1 Å². The molecule has 0 saturated carbocycles. The molecular weight excluding hydrogens is 369 g/mol. The monoisotopic (exact) mass is 384 g/mol. The molecule has 26 heavy (non-hydrogen) atoms. The molecule has 1 aromatic heterocycles. The fraction of sp³-hybridized carbons (Fsp3) is 0.250. The van der Waals surface area contributed by atoms with Crippen LogP contribution in [0.2, 0.25) is 0 Å². The van der Waals surface area contributed by atoms with Crippen LogP contribution in [0, 0.1) is 0 Å². The summed E-state index contributed by atoms with van der Waals surface area (Å²) in [5.74, 6) is 4.69. The minimum absolute atomic E-state index is 0.0177. The highest BCUT2D eigenvalue weighted by Crippen LogP contribution is 2.29. The molecule has 3 rings (SSSR count). The Hall–Kier alpha value is -2.46. The van der Waals surface area contributed by atoms with Gasteiger partial charge < -0.3 is 15.7 Å². The Kier molecular flexibility index (Phi) is 5.23. The molecular formula is C16H15F3N4O2S. The summed E-state index contributed by atoms with van der Waals surface area (Å²) in [5, 5.41) is 18.3. The van der Waals surface area contributed by atoms with Gasteiger partial charge in [0, 0.05) is 5.75 Å². The third-order valence-corrected chi connectivity index (χ3v) is 4.57. The molecule has 0 unspecified atom stereocenters. The molecule has 0 saturated heterocycles. The van der Waals surface area contributed by atoms with E-state index in [2.05, 4.69) is 10.2 Å². The first-order valence-corrected chi connectivity index (χ1v) is 8.53. The lowest BCUT2D eigenvalue weighted by molar-refractivity contribution is -0.146. The first-order valence-electron chi connectivity index (χ1n) is 7.55. The molecule has 1 atom stereocenters. The number of nitrogens with two attached hydrogens (primary N) is 1. The fourth-order valence-corrected chi connectivity index (χ4v) is 3.00. The molecule has 0 radical (unpaired) electrons. The second kappa shape index (κ2) is 7.42. The molecule has 0 bridgehead atoms. The SMILES string of the molecule is Nn1c(SC[C@@H](O)COc2ccc3ccccc3c2)nnc1C(F)(F)F. The summed E-state index contributed by atoms with van der Waals surface area (Å²) < 4.78 is 43.7. The molecule has 2 aromatic carbocycles. The number of ether oxygens (including phenoxy) is 1. The van der Waals surface area contributed by atoms with Crippen molar-refractivity contribution in [3.05, 3.63) is 48.3 Å². The number of thioether (sulfide) groups is 1. The Bertz CT molecular complexity index is 901. The van der Waals surface area contributed by atoms with Gasteiger partial charge in [0.25, 0.3) is 5.82 Å². The molecule has 3 aromatic rings. The summed E-state index contributed by atoms with van der Waals surface area (Å²) in [4.78, 5) is 0. The van der Waals surface area contributed by atoms with Gasteiger partial charge >= 0.3 is 6.18 Å². The number of fused-ring (bicyclic) bond motifs is 1. The highest BCUT2D eigenvalue weighted by molar-refractivity contribution is 7.99. The van der Waals surface area contributed by atoms with Crippen LogP contribution in [0.5, 0.6) is 5.75 Å². The predicted molar refractivity (Wildman–Crippen MR) is 91.3 cm³/mol. The van der Waals surface area contributed by atoms with Crippen LogP contribution < -0.4 is 10.6 Å². The summed E-state index contributed by atoms with van der Waals surface area (Å²) in [5.41, 5.74) is 0. The zero-order valence-electron chi connectivity index (χ0n) is 13.3. The minimum Gasteiger partial charge on any atom is -0.491 e. The number of benzene rings is 2. The van der Waals surface area contributed by atoms with Crippen LogP contribution in [0.15, 0.2) is 47.6 Å². The Morgan fingerprint density at radius 1 is 1.15 bits per heavy atom. The number of rotatable bonds is 6. The van der Waals surface area contributed by atoms with Gasteiger partial charge in [0.05, 0.1) is 6.10 Å². The van der Waals surface area contributed by atoms with Crippen LogP contribution >= 0.6 is 11.8 Å². The molecule has 0 fully saturated rings. The van der Waals surface area contributed by atoms with Gasteiger partial charge in [0.2, 0.25) is 5.16 Å². The number of hydrogen-bond acceptors (Lipinski definition) is 6. The largest absolute Gasteiger partial charge is 0.491 e. The van der Waals surface area contributed by atoms with E-state index in [1.165, 1.54) is 0 Å². The van der Waals surface area contributed by atoms with Crippen LogP contribution in [0.3, 0.4) is 0 Å². The highest BCUT2D eigenvalue weighted by Gasteiger charge is 2.38. The van der Waals surface area contributed by atoms with Crippen LogP contribution in [-0.2, 0) is 6.18 Å². The van der Waals surface area contributed by atoms with Crippen LogP contribution in [0.4, 0.5) is 13.2 Å². The maximum Gasteiger partial charge on any atom is 0.453 e. The number of aromatic nitrogens is 3. The summed E-state index contributed by atoms with van der Waals surface area (Å²) in [6.07, 6.45) is -5.60. The predicted octanol–water partition coefficient (Wildman–Crippen LogP) is 2.70. The van der Waals surface area contributed by atoms with Crippen molar-refractivity contribution in [3.63, 3.8) is 0 Å².